The van der Waals surface area contributed by atoms with Gasteiger partial charge in [-0.3, -0.25) is 4.79 Å². The number of ether oxygens (including phenoxy) is 2. The number of amides is 1. The lowest BCUT2D eigenvalue weighted by Crippen LogP contribution is -2.24. The second kappa shape index (κ2) is 7.04. The largest absolute Gasteiger partial charge is 0.493 e. The number of fused-ring (bicyclic) bond motifs is 1. The number of aromatic nitrogens is 2. The van der Waals surface area contributed by atoms with Crippen LogP contribution in [-0.4, -0.2) is 30.1 Å². The Morgan fingerprint density at radius 1 is 1.17 bits per heavy atom. The van der Waals surface area contributed by atoms with Crippen LogP contribution in [0.3, 0.4) is 0 Å². The summed E-state index contributed by atoms with van der Waals surface area (Å²) in [6.07, 6.45) is 3.83. The van der Waals surface area contributed by atoms with Crippen LogP contribution in [0.25, 0.3) is 11.0 Å². The Morgan fingerprint density at radius 3 is 2.83 bits per heavy atom. The summed E-state index contributed by atoms with van der Waals surface area (Å²) in [6, 6.07) is 9.40. The van der Waals surface area contributed by atoms with Crippen LogP contribution in [-0.2, 0) is 17.8 Å². The van der Waals surface area contributed by atoms with E-state index in [1.807, 2.05) is 36.5 Å². The van der Waals surface area contributed by atoms with Crippen molar-refractivity contribution in [3.05, 3.63) is 53.9 Å². The van der Waals surface area contributed by atoms with Crippen LogP contribution >= 0.6 is 0 Å². The Labute approximate surface area is 139 Å². The highest BCUT2D eigenvalue weighted by Gasteiger charge is 2.12. The second-order valence-corrected chi connectivity index (χ2v) is 5.32. The fourth-order valence-electron chi connectivity index (χ4n) is 2.68. The van der Waals surface area contributed by atoms with Gasteiger partial charge in [0.05, 0.1) is 20.6 Å². The molecule has 0 saturated carbocycles. The molecule has 0 aliphatic heterocycles. The SMILES string of the molecule is COc1cccc(CNC(=O)Cc2c[nH]c3ncccc23)c1OC. The summed E-state index contributed by atoms with van der Waals surface area (Å²) in [4.78, 5) is 19.6. The molecule has 6 nitrogen and oxygen atoms in total. The van der Waals surface area contributed by atoms with Crippen molar-refractivity contribution in [2.75, 3.05) is 14.2 Å². The number of nitrogens with zero attached hydrogens (tertiary/aromatic N) is 1. The quantitative estimate of drug-likeness (QED) is 0.730. The average Bonchev–Trinajstić information content (AvgIpc) is 3.02. The number of benzene rings is 1. The molecular weight excluding hydrogens is 306 g/mol. The summed E-state index contributed by atoms with van der Waals surface area (Å²) in [5.41, 5.74) is 2.58. The Balaban J connectivity index is 1.68. The van der Waals surface area contributed by atoms with Gasteiger partial charge in [-0.25, -0.2) is 4.98 Å². The first-order valence-electron chi connectivity index (χ1n) is 7.60. The Kier molecular flexibility index (Phi) is 4.65. The van der Waals surface area contributed by atoms with Crippen molar-refractivity contribution in [2.24, 2.45) is 0 Å². The van der Waals surface area contributed by atoms with Crippen molar-refractivity contribution in [2.45, 2.75) is 13.0 Å². The fraction of sp³-hybridized carbons (Fsp3) is 0.222. The minimum atomic E-state index is -0.0652. The van der Waals surface area contributed by atoms with E-state index in [0.29, 0.717) is 18.0 Å². The lowest BCUT2D eigenvalue weighted by molar-refractivity contribution is -0.120. The second-order valence-electron chi connectivity index (χ2n) is 5.32. The van der Waals surface area contributed by atoms with E-state index >= 15 is 0 Å². The smallest absolute Gasteiger partial charge is 0.224 e. The zero-order chi connectivity index (χ0) is 16.9. The van der Waals surface area contributed by atoms with E-state index in [9.17, 15) is 4.79 Å². The number of hydrogen-bond acceptors (Lipinski definition) is 4. The highest BCUT2D eigenvalue weighted by atomic mass is 16.5. The maximum Gasteiger partial charge on any atom is 0.224 e. The van der Waals surface area contributed by atoms with Gasteiger partial charge >= 0.3 is 0 Å². The maximum absolute atomic E-state index is 12.3. The molecule has 0 spiro atoms. The molecule has 2 heterocycles. The highest BCUT2D eigenvalue weighted by Crippen LogP contribution is 2.30. The van der Waals surface area contributed by atoms with Gasteiger partial charge in [0, 0.05) is 29.9 Å². The van der Waals surface area contributed by atoms with Crippen molar-refractivity contribution < 1.29 is 14.3 Å². The highest BCUT2D eigenvalue weighted by molar-refractivity contribution is 5.87. The molecule has 2 aromatic heterocycles. The molecule has 0 bridgehead atoms. The maximum atomic E-state index is 12.3. The molecule has 0 saturated heterocycles. The molecule has 0 atom stereocenters. The van der Waals surface area contributed by atoms with E-state index in [-0.39, 0.29) is 12.3 Å². The summed E-state index contributed by atoms with van der Waals surface area (Å²) >= 11 is 0. The number of carbonyl (C=O) groups excluding carboxylic acids is 1. The number of pyridine rings is 1. The Morgan fingerprint density at radius 2 is 2.04 bits per heavy atom. The van der Waals surface area contributed by atoms with E-state index in [1.54, 1.807) is 20.4 Å². The Hall–Kier alpha value is -3.02. The standard InChI is InChI=1S/C18H19N3O3/c1-23-15-7-3-5-12(17(15)24-2)10-20-16(22)9-13-11-21-18-14(13)6-4-8-19-18/h3-8,11H,9-10H2,1-2H3,(H,19,21)(H,20,22). The number of aromatic amines is 1. The number of hydrogen-bond donors (Lipinski definition) is 2. The molecule has 1 amide bonds. The van der Waals surface area contributed by atoms with Crippen molar-refractivity contribution in [1.82, 2.24) is 15.3 Å². The first-order chi connectivity index (χ1) is 11.7. The van der Waals surface area contributed by atoms with E-state index < -0.39 is 0 Å². The molecule has 0 aliphatic rings. The number of carbonyl (C=O) groups is 1. The van der Waals surface area contributed by atoms with Crippen LogP contribution in [0.5, 0.6) is 11.5 Å². The van der Waals surface area contributed by atoms with Gasteiger partial charge in [-0.1, -0.05) is 12.1 Å². The number of para-hydroxylation sites is 1. The van der Waals surface area contributed by atoms with Crippen LogP contribution in [0, 0.1) is 0 Å². The molecule has 3 rings (SSSR count). The van der Waals surface area contributed by atoms with Crippen LogP contribution in [0.15, 0.2) is 42.7 Å². The number of H-pyrrole nitrogens is 1. The van der Waals surface area contributed by atoms with Crippen LogP contribution < -0.4 is 14.8 Å². The molecule has 3 aromatic rings. The first-order valence-corrected chi connectivity index (χ1v) is 7.60. The van der Waals surface area contributed by atoms with Gasteiger partial charge in [0.15, 0.2) is 11.5 Å². The number of rotatable bonds is 6. The zero-order valence-corrected chi connectivity index (χ0v) is 13.6. The van der Waals surface area contributed by atoms with Crippen LogP contribution in [0.1, 0.15) is 11.1 Å². The number of methoxy groups -OCH3 is 2. The molecule has 24 heavy (non-hydrogen) atoms. The summed E-state index contributed by atoms with van der Waals surface area (Å²) in [7, 11) is 3.17. The normalized spacial score (nSPS) is 10.6. The summed E-state index contributed by atoms with van der Waals surface area (Å²) in [5.74, 6) is 1.22. The van der Waals surface area contributed by atoms with E-state index in [2.05, 4.69) is 15.3 Å². The van der Waals surface area contributed by atoms with Crippen molar-refractivity contribution in [3.8, 4) is 11.5 Å². The molecule has 0 radical (unpaired) electrons. The van der Waals surface area contributed by atoms with Gasteiger partial charge in [0.1, 0.15) is 5.65 Å². The minimum absolute atomic E-state index is 0.0652. The Bertz CT molecular complexity index is 858. The van der Waals surface area contributed by atoms with Gasteiger partial charge in [-0.05, 0) is 23.8 Å². The molecule has 2 N–H and O–H groups in total. The summed E-state index contributed by atoms with van der Waals surface area (Å²) in [6.45, 7) is 0.375. The average molecular weight is 325 g/mol. The topological polar surface area (TPSA) is 76.2 Å². The predicted molar refractivity (Wildman–Crippen MR) is 91.2 cm³/mol. The van der Waals surface area contributed by atoms with Gasteiger partial charge in [-0.2, -0.15) is 0 Å². The minimum Gasteiger partial charge on any atom is -0.493 e. The van der Waals surface area contributed by atoms with E-state index in [1.165, 1.54) is 0 Å². The van der Waals surface area contributed by atoms with Crippen molar-refractivity contribution >= 4 is 16.9 Å². The van der Waals surface area contributed by atoms with E-state index in [0.717, 1.165) is 22.2 Å². The van der Waals surface area contributed by atoms with Crippen molar-refractivity contribution in [3.63, 3.8) is 0 Å². The molecule has 1 aromatic carbocycles. The third kappa shape index (κ3) is 3.17. The van der Waals surface area contributed by atoms with Crippen LogP contribution in [0.2, 0.25) is 0 Å². The number of nitrogens with one attached hydrogen (secondary N) is 2. The summed E-state index contributed by atoms with van der Waals surface area (Å²) in [5, 5.41) is 3.88. The van der Waals surface area contributed by atoms with Gasteiger partial charge in [0.25, 0.3) is 0 Å². The van der Waals surface area contributed by atoms with Crippen molar-refractivity contribution in [1.29, 1.82) is 0 Å². The molecule has 6 heteroatoms. The lowest BCUT2D eigenvalue weighted by Gasteiger charge is -2.13. The molecule has 0 unspecified atom stereocenters. The van der Waals surface area contributed by atoms with Gasteiger partial charge in [0.2, 0.25) is 5.91 Å². The monoisotopic (exact) mass is 325 g/mol. The lowest BCUT2D eigenvalue weighted by atomic mass is 10.1. The predicted octanol–water partition coefficient (Wildman–Crippen LogP) is 2.44. The van der Waals surface area contributed by atoms with E-state index in [4.69, 9.17) is 9.47 Å². The van der Waals surface area contributed by atoms with Gasteiger partial charge in [-0.15, -0.1) is 0 Å². The fourth-order valence-corrected chi connectivity index (χ4v) is 2.68. The molecular formula is C18H19N3O3. The zero-order valence-electron chi connectivity index (χ0n) is 13.6. The van der Waals surface area contributed by atoms with Crippen LogP contribution in [0.4, 0.5) is 0 Å². The van der Waals surface area contributed by atoms with Gasteiger partial charge < -0.3 is 19.8 Å². The third-order valence-electron chi connectivity index (χ3n) is 3.85. The third-order valence-corrected chi connectivity index (χ3v) is 3.85. The molecule has 0 fully saturated rings. The molecule has 0 aliphatic carbocycles. The molecule has 124 valence electrons. The first kappa shape index (κ1) is 15.9. The summed E-state index contributed by atoms with van der Waals surface area (Å²) < 4.78 is 10.6.